The lowest BCUT2D eigenvalue weighted by atomic mass is 10.2. The number of benzene rings is 3. The van der Waals surface area contributed by atoms with Crippen molar-refractivity contribution in [3.63, 3.8) is 0 Å². The van der Waals surface area contributed by atoms with Crippen molar-refractivity contribution >= 4 is 27.3 Å². The van der Waals surface area contributed by atoms with E-state index in [4.69, 9.17) is 14.2 Å². The van der Waals surface area contributed by atoms with Crippen LogP contribution in [0, 0.1) is 6.92 Å². The van der Waals surface area contributed by atoms with Gasteiger partial charge in [0.1, 0.15) is 17.2 Å². The fourth-order valence-corrected chi connectivity index (χ4v) is 4.04. The predicted molar refractivity (Wildman–Crippen MR) is 122 cm³/mol. The van der Waals surface area contributed by atoms with E-state index in [1.807, 2.05) is 0 Å². The lowest BCUT2D eigenvalue weighted by Gasteiger charge is -2.13. The maximum absolute atomic E-state index is 12.7. The summed E-state index contributed by atoms with van der Waals surface area (Å²) in [6.07, 6.45) is 0. The summed E-state index contributed by atoms with van der Waals surface area (Å²) in [6.45, 7) is 1.47. The zero-order valence-corrected chi connectivity index (χ0v) is 18.7. The Kier molecular flexibility index (Phi) is 7.21. The molecule has 0 unspecified atom stereocenters. The highest BCUT2D eigenvalue weighted by atomic mass is 32.2. The first-order valence-corrected chi connectivity index (χ1v) is 11.1. The van der Waals surface area contributed by atoms with Gasteiger partial charge in [-0.25, -0.2) is 8.42 Å². The Morgan fingerprint density at radius 3 is 2.28 bits per heavy atom. The molecule has 0 aliphatic carbocycles. The van der Waals surface area contributed by atoms with Crippen LogP contribution < -0.4 is 24.2 Å². The molecule has 0 saturated carbocycles. The highest BCUT2D eigenvalue weighted by Gasteiger charge is 2.16. The monoisotopic (exact) mass is 456 g/mol. The Hall–Kier alpha value is -3.72. The molecule has 0 spiro atoms. The number of ether oxygens (including phenoxy) is 3. The summed E-state index contributed by atoms with van der Waals surface area (Å²) in [5.41, 5.74) is 1.52. The summed E-state index contributed by atoms with van der Waals surface area (Å²) in [4.78, 5) is 12.3. The number of anilines is 2. The number of hydrogen-bond donors (Lipinski definition) is 2. The van der Waals surface area contributed by atoms with Crippen LogP contribution in [0.25, 0.3) is 0 Å². The van der Waals surface area contributed by atoms with Crippen molar-refractivity contribution < 1.29 is 27.4 Å². The second-order valence-corrected chi connectivity index (χ2v) is 8.48. The molecule has 3 aromatic rings. The van der Waals surface area contributed by atoms with Gasteiger partial charge in [0, 0.05) is 5.69 Å². The maximum atomic E-state index is 12.7. The number of amides is 1. The van der Waals surface area contributed by atoms with Crippen molar-refractivity contribution in [3.05, 3.63) is 72.3 Å². The van der Waals surface area contributed by atoms with E-state index in [-0.39, 0.29) is 17.4 Å². The predicted octanol–water partition coefficient (Wildman–Crippen LogP) is 3.83. The molecule has 0 fully saturated rings. The minimum atomic E-state index is -3.79. The van der Waals surface area contributed by atoms with Gasteiger partial charge in [-0.2, -0.15) is 0 Å². The first-order valence-electron chi connectivity index (χ1n) is 9.65. The smallest absolute Gasteiger partial charge is 0.262 e. The SMILES string of the molecule is COc1ccc(NS(=O)(=O)c2ccc(OCC(=O)Nc3ccccc3OC)c(C)c2)cc1. The van der Waals surface area contributed by atoms with Gasteiger partial charge in [-0.05, 0) is 67.1 Å². The van der Waals surface area contributed by atoms with Gasteiger partial charge in [0.05, 0.1) is 24.8 Å². The zero-order valence-electron chi connectivity index (χ0n) is 17.9. The Morgan fingerprint density at radius 1 is 0.906 bits per heavy atom. The Labute approximate surface area is 187 Å². The van der Waals surface area contributed by atoms with Crippen LogP contribution in [-0.4, -0.2) is 35.2 Å². The van der Waals surface area contributed by atoms with Crippen LogP contribution in [0.1, 0.15) is 5.56 Å². The van der Waals surface area contributed by atoms with E-state index in [0.29, 0.717) is 34.2 Å². The molecule has 0 aliphatic rings. The molecule has 32 heavy (non-hydrogen) atoms. The lowest BCUT2D eigenvalue weighted by molar-refractivity contribution is -0.118. The molecule has 2 N–H and O–H groups in total. The van der Waals surface area contributed by atoms with Crippen LogP contribution in [0.4, 0.5) is 11.4 Å². The van der Waals surface area contributed by atoms with Crippen molar-refractivity contribution in [3.8, 4) is 17.2 Å². The average Bonchev–Trinajstić information content (AvgIpc) is 2.79. The standard InChI is InChI=1S/C23H24N2O6S/c1-16-14-19(32(27,28)25-17-8-10-18(29-2)11-9-17)12-13-21(16)31-15-23(26)24-20-6-4-5-7-22(20)30-3/h4-14,25H,15H2,1-3H3,(H,24,26). The normalized spacial score (nSPS) is 10.8. The number of carbonyl (C=O) groups excluding carboxylic acids is 1. The van der Waals surface area contributed by atoms with Crippen LogP contribution in [-0.2, 0) is 14.8 Å². The number of sulfonamides is 1. The van der Waals surface area contributed by atoms with Crippen molar-refractivity contribution in [1.29, 1.82) is 0 Å². The Bertz CT molecular complexity index is 1190. The summed E-state index contributed by atoms with van der Waals surface area (Å²) in [7, 11) is -0.738. The second-order valence-electron chi connectivity index (χ2n) is 6.80. The van der Waals surface area contributed by atoms with Crippen LogP contribution in [0.5, 0.6) is 17.2 Å². The fraction of sp³-hybridized carbons (Fsp3) is 0.174. The molecular weight excluding hydrogens is 432 g/mol. The Morgan fingerprint density at radius 2 is 1.62 bits per heavy atom. The minimum absolute atomic E-state index is 0.0802. The third-order valence-electron chi connectivity index (χ3n) is 4.54. The molecule has 1 amide bonds. The van der Waals surface area contributed by atoms with Gasteiger partial charge in [-0.15, -0.1) is 0 Å². The van der Waals surface area contributed by atoms with Crippen LogP contribution >= 0.6 is 0 Å². The molecule has 0 saturated heterocycles. The average molecular weight is 457 g/mol. The van der Waals surface area contributed by atoms with Gasteiger partial charge in [0.25, 0.3) is 15.9 Å². The summed E-state index contributed by atoms with van der Waals surface area (Å²) >= 11 is 0. The second kappa shape index (κ2) is 10.1. The van der Waals surface area contributed by atoms with Crippen molar-refractivity contribution in [2.45, 2.75) is 11.8 Å². The van der Waals surface area contributed by atoms with E-state index >= 15 is 0 Å². The number of nitrogens with one attached hydrogen (secondary N) is 2. The number of rotatable bonds is 9. The van der Waals surface area contributed by atoms with Gasteiger partial charge >= 0.3 is 0 Å². The van der Waals surface area contributed by atoms with Crippen molar-refractivity contribution in [2.24, 2.45) is 0 Å². The van der Waals surface area contributed by atoms with Crippen LogP contribution in [0.3, 0.4) is 0 Å². The van der Waals surface area contributed by atoms with Gasteiger partial charge in [-0.3, -0.25) is 9.52 Å². The highest BCUT2D eigenvalue weighted by Crippen LogP contribution is 2.25. The van der Waals surface area contributed by atoms with E-state index in [1.54, 1.807) is 55.5 Å². The van der Waals surface area contributed by atoms with Crippen molar-refractivity contribution in [1.82, 2.24) is 0 Å². The molecule has 0 aliphatic heterocycles. The molecule has 3 rings (SSSR count). The van der Waals surface area contributed by atoms with E-state index in [0.717, 1.165) is 0 Å². The number of aryl methyl sites for hydroxylation is 1. The molecule has 8 nitrogen and oxygen atoms in total. The topological polar surface area (TPSA) is 103 Å². The fourth-order valence-electron chi connectivity index (χ4n) is 2.90. The highest BCUT2D eigenvalue weighted by molar-refractivity contribution is 7.92. The van der Waals surface area contributed by atoms with Gasteiger partial charge in [0.15, 0.2) is 6.61 Å². The minimum Gasteiger partial charge on any atom is -0.497 e. The molecule has 0 heterocycles. The summed E-state index contributed by atoms with van der Waals surface area (Å²) in [6, 6.07) is 18.0. The molecule has 0 aromatic heterocycles. The molecule has 0 bridgehead atoms. The zero-order chi connectivity index (χ0) is 23.1. The van der Waals surface area contributed by atoms with Gasteiger partial charge in [0.2, 0.25) is 0 Å². The van der Waals surface area contributed by atoms with Gasteiger partial charge in [-0.1, -0.05) is 12.1 Å². The van der Waals surface area contributed by atoms with E-state index in [1.165, 1.54) is 32.4 Å². The number of carbonyl (C=O) groups is 1. The van der Waals surface area contributed by atoms with E-state index < -0.39 is 10.0 Å². The van der Waals surface area contributed by atoms with Crippen LogP contribution in [0.2, 0.25) is 0 Å². The summed E-state index contributed by atoms with van der Waals surface area (Å²) in [5.74, 6) is 1.20. The molecular formula is C23H24N2O6S. The number of methoxy groups -OCH3 is 2. The third-order valence-corrected chi connectivity index (χ3v) is 5.92. The molecule has 3 aromatic carbocycles. The summed E-state index contributed by atoms with van der Waals surface area (Å²) in [5, 5.41) is 2.72. The molecule has 0 atom stereocenters. The third kappa shape index (κ3) is 5.70. The van der Waals surface area contributed by atoms with Crippen molar-refractivity contribution in [2.75, 3.05) is 30.9 Å². The first kappa shape index (κ1) is 23.0. The largest absolute Gasteiger partial charge is 0.497 e. The quantitative estimate of drug-likeness (QED) is 0.507. The van der Waals surface area contributed by atoms with Gasteiger partial charge < -0.3 is 19.5 Å². The number of para-hydroxylation sites is 2. The Balaban J connectivity index is 1.64. The lowest BCUT2D eigenvalue weighted by Crippen LogP contribution is -2.21. The van der Waals surface area contributed by atoms with Crippen LogP contribution in [0.15, 0.2) is 71.6 Å². The number of hydrogen-bond acceptors (Lipinski definition) is 6. The molecule has 0 radical (unpaired) electrons. The maximum Gasteiger partial charge on any atom is 0.262 e. The first-order chi connectivity index (χ1) is 15.3. The van der Waals surface area contributed by atoms with E-state index in [2.05, 4.69) is 10.0 Å². The summed E-state index contributed by atoms with van der Waals surface area (Å²) < 4.78 is 43.7. The van der Waals surface area contributed by atoms with E-state index in [9.17, 15) is 13.2 Å². The molecule has 168 valence electrons. The molecule has 9 heteroatoms.